The number of allylic oxidation sites excluding steroid dienone is 5. The fourth-order valence-corrected chi connectivity index (χ4v) is 9.55. The van der Waals surface area contributed by atoms with Gasteiger partial charge in [0.1, 0.15) is 0 Å². The standard InChI is InChI=1S/C53H39N3/c1-3-5-18-48-42(4-2)44-15-6-9-19-49(44)55(48)40-29-37(30-41(31-40)56-50-20-10-7-16-45(50)46-17-8-11-21-51(46)56)38-28-39(33-54-32-38)43-26-24-36-23-22-34-13-12-14-35-25-27-47(43)53(36)52(34)35/h3,5-12,14-22,24-33H,1,4,13,23H2,2H3/b18-5-. The zero-order valence-electron chi connectivity index (χ0n) is 31.3. The van der Waals surface area contributed by atoms with Crippen molar-refractivity contribution < 1.29 is 0 Å². The SMILES string of the molecule is C=C/C=C\c1c(CC)c2ccccc2n1-c1cc(-c2cncc(-c3ccc4c5c6c(ccc35)C=CCC6=CC4)c2)cc(-n2c3ccccc3c3ccccc32)c1. The van der Waals surface area contributed by atoms with E-state index < -0.39 is 0 Å². The smallest absolute Gasteiger partial charge is 0.0541 e. The average Bonchev–Trinajstić information content (AvgIpc) is 3.77. The highest BCUT2D eigenvalue weighted by Gasteiger charge is 2.23. The van der Waals surface area contributed by atoms with Gasteiger partial charge in [-0.3, -0.25) is 4.98 Å². The van der Waals surface area contributed by atoms with Crippen molar-refractivity contribution in [3.8, 4) is 33.6 Å². The third-order valence-corrected chi connectivity index (χ3v) is 12.0. The first kappa shape index (κ1) is 32.5. The van der Waals surface area contributed by atoms with Crippen LogP contribution in [-0.4, -0.2) is 14.1 Å². The fourth-order valence-electron chi connectivity index (χ4n) is 9.55. The highest BCUT2D eigenvalue weighted by Crippen LogP contribution is 2.44. The Morgan fingerprint density at radius 1 is 0.661 bits per heavy atom. The van der Waals surface area contributed by atoms with Crippen LogP contribution in [0.1, 0.15) is 41.3 Å². The normalized spacial score (nSPS) is 13.4. The summed E-state index contributed by atoms with van der Waals surface area (Å²) < 4.78 is 4.85. The van der Waals surface area contributed by atoms with Gasteiger partial charge in [0.15, 0.2) is 0 Å². The molecule has 0 aliphatic heterocycles. The van der Waals surface area contributed by atoms with Crippen molar-refractivity contribution >= 4 is 61.2 Å². The van der Waals surface area contributed by atoms with Gasteiger partial charge in [0.2, 0.25) is 0 Å². The Hall–Kier alpha value is -6.97. The number of benzene rings is 6. The van der Waals surface area contributed by atoms with E-state index in [1.807, 2.05) is 18.5 Å². The Kier molecular flexibility index (Phi) is 7.43. The van der Waals surface area contributed by atoms with E-state index in [2.05, 4.69) is 174 Å². The molecular formula is C53H39N3. The van der Waals surface area contributed by atoms with Crippen molar-refractivity contribution in [3.63, 3.8) is 0 Å². The van der Waals surface area contributed by atoms with Crippen molar-refractivity contribution in [1.29, 1.82) is 0 Å². The topological polar surface area (TPSA) is 22.8 Å². The Bertz CT molecular complexity index is 3140. The molecule has 3 aromatic heterocycles. The lowest BCUT2D eigenvalue weighted by atomic mass is 9.80. The predicted octanol–water partition coefficient (Wildman–Crippen LogP) is 13.7. The molecule has 266 valence electrons. The molecule has 56 heavy (non-hydrogen) atoms. The second-order valence-corrected chi connectivity index (χ2v) is 15.0. The number of aryl methyl sites for hydroxylation is 1. The molecule has 3 heteroatoms. The molecule has 0 spiro atoms. The zero-order valence-corrected chi connectivity index (χ0v) is 31.3. The number of fused-ring (bicyclic) bond motifs is 4. The number of hydrogen-bond donors (Lipinski definition) is 0. The van der Waals surface area contributed by atoms with E-state index in [4.69, 9.17) is 4.98 Å². The quantitative estimate of drug-likeness (QED) is 0.151. The molecule has 0 bridgehead atoms. The number of aromatic nitrogens is 3. The Balaban J connectivity index is 1.18. The number of para-hydroxylation sites is 3. The summed E-state index contributed by atoms with van der Waals surface area (Å²) in [5.74, 6) is 0. The summed E-state index contributed by atoms with van der Waals surface area (Å²) >= 11 is 0. The van der Waals surface area contributed by atoms with Crippen molar-refractivity contribution in [2.45, 2.75) is 26.2 Å². The molecule has 11 rings (SSSR count). The highest BCUT2D eigenvalue weighted by atomic mass is 15.0. The van der Waals surface area contributed by atoms with Crippen molar-refractivity contribution in [2.24, 2.45) is 0 Å². The van der Waals surface area contributed by atoms with Gasteiger partial charge >= 0.3 is 0 Å². The summed E-state index contributed by atoms with van der Waals surface area (Å²) in [7, 11) is 0. The van der Waals surface area contributed by atoms with Crippen LogP contribution in [0.4, 0.5) is 0 Å². The third-order valence-electron chi connectivity index (χ3n) is 12.0. The summed E-state index contributed by atoms with van der Waals surface area (Å²) in [5, 5.41) is 6.45. The van der Waals surface area contributed by atoms with Gasteiger partial charge in [0.25, 0.3) is 0 Å². The maximum atomic E-state index is 4.94. The molecule has 0 fully saturated rings. The summed E-state index contributed by atoms with van der Waals surface area (Å²) in [6, 6.07) is 44.9. The first-order valence-electron chi connectivity index (χ1n) is 19.7. The first-order chi connectivity index (χ1) is 27.7. The zero-order chi connectivity index (χ0) is 37.3. The molecule has 0 unspecified atom stereocenters. The van der Waals surface area contributed by atoms with E-state index in [1.165, 1.54) is 82.6 Å². The molecule has 3 nitrogen and oxygen atoms in total. The maximum absolute atomic E-state index is 4.94. The van der Waals surface area contributed by atoms with Gasteiger partial charge < -0.3 is 9.13 Å². The van der Waals surface area contributed by atoms with Crippen LogP contribution in [0.5, 0.6) is 0 Å². The number of hydrogen-bond acceptors (Lipinski definition) is 1. The van der Waals surface area contributed by atoms with Gasteiger partial charge in [0, 0.05) is 51.1 Å². The minimum atomic E-state index is 0.916. The van der Waals surface area contributed by atoms with E-state index in [0.29, 0.717) is 0 Å². The summed E-state index contributed by atoms with van der Waals surface area (Å²) in [5.41, 5.74) is 18.4. The van der Waals surface area contributed by atoms with Gasteiger partial charge in [-0.25, -0.2) is 0 Å². The molecule has 0 N–H and O–H groups in total. The van der Waals surface area contributed by atoms with Crippen LogP contribution in [-0.2, 0) is 12.8 Å². The first-order valence-corrected chi connectivity index (χ1v) is 19.7. The molecule has 2 aliphatic carbocycles. The van der Waals surface area contributed by atoms with Crippen molar-refractivity contribution in [3.05, 3.63) is 193 Å². The van der Waals surface area contributed by atoms with Gasteiger partial charge in [-0.2, -0.15) is 0 Å². The van der Waals surface area contributed by atoms with Gasteiger partial charge in [-0.1, -0.05) is 123 Å². The van der Waals surface area contributed by atoms with Crippen molar-refractivity contribution in [2.75, 3.05) is 0 Å². The molecule has 2 aliphatic rings. The lowest BCUT2D eigenvalue weighted by Crippen LogP contribution is -2.03. The van der Waals surface area contributed by atoms with Crippen LogP contribution >= 0.6 is 0 Å². The Morgan fingerprint density at radius 2 is 1.36 bits per heavy atom. The van der Waals surface area contributed by atoms with Crippen LogP contribution in [0.25, 0.3) is 94.8 Å². The summed E-state index contributed by atoms with van der Waals surface area (Å²) in [6.45, 7) is 6.27. The van der Waals surface area contributed by atoms with Crippen LogP contribution in [0.15, 0.2) is 165 Å². The molecule has 0 radical (unpaired) electrons. The predicted molar refractivity (Wildman–Crippen MR) is 238 cm³/mol. The molecule has 0 saturated carbocycles. The number of pyridine rings is 1. The molecule has 3 heterocycles. The van der Waals surface area contributed by atoms with Crippen molar-refractivity contribution in [1.82, 2.24) is 14.1 Å². The van der Waals surface area contributed by atoms with E-state index in [9.17, 15) is 0 Å². The third kappa shape index (κ3) is 4.87. The van der Waals surface area contributed by atoms with Crippen LogP contribution < -0.4 is 0 Å². The lowest BCUT2D eigenvalue weighted by molar-refractivity contribution is 1.05. The van der Waals surface area contributed by atoms with Gasteiger partial charge in [-0.05, 0) is 118 Å². The largest absolute Gasteiger partial charge is 0.309 e. The minimum absolute atomic E-state index is 0.916. The molecule has 0 amide bonds. The number of rotatable bonds is 7. The summed E-state index contributed by atoms with van der Waals surface area (Å²) in [4.78, 5) is 4.94. The number of nitrogens with zero attached hydrogens (tertiary/aromatic N) is 3. The van der Waals surface area contributed by atoms with E-state index in [0.717, 1.165) is 47.3 Å². The van der Waals surface area contributed by atoms with Crippen LogP contribution in [0, 0.1) is 0 Å². The lowest BCUT2D eigenvalue weighted by Gasteiger charge is -2.24. The summed E-state index contributed by atoms with van der Waals surface area (Å²) in [6.07, 6.45) is 20.1. The van der Waals surface area contributed by atoms with Gasteiger partial charge in [0.05, 0.1) is 22.2 Å². The Labute approximate surface area is 326 Å². The molecule has 0 saturated heterocycles. The molecular weight excluding hydrogens is 679 g/mol. The fraction of sp³-hybridized carbons (Fsp3) is 0.0755. The maximum Gasteiger partial charge on any atom is 0.0541 e. The average molecular weight is 718 g/mol. The van der Waals surface area contributed by atoms with E-state index in [1.54, 1.807) is 0 Å². The second-order valence-electron chi connectivity index (χ2n) is 15.0. The monoisotopic (exact) mass is 717 g/mol. The second kappa shape index (κ2) is 12.8. The molecule has 9 aromatic rings. The van der Waals surface area contributed by atoms with Gasteiger partial charge in [-0.15, -0.1) is 0 Å². The van der Waals surface area contributed by atoms with E-state index in [-0.39, 0.29) is 0 Å². The van der Waals surface area contributed by atoms with Crippen LogP contribution in [0.2, 0.25) is 0 Å². The minimum Gasteiger partial charge on any atom is -0.309 e. The molecule has 6 aromatic carbocycles. The van der Waals surface area contributed by atoms with Crippen LogP contribution in [0.3, 0.4) is 0 Å². The molecule has 0 atom stereocenters. The Morgan fingerprint density at radius 3 is 2.11 bits per heavy atom. The van der Waals surface area contributed by atoms with E-state index >= 15 is 0 Å². The highest BCUT2D eigenvalue weighted by molar-refractivity contribution is 6.10.